The van der Waals surface area contributed by atoms with E-state index in [2.05, 4.69) is 58.4 Å². The van der Waals surface area contributed by atoms with Crippen molar-refractivity contribution in [3.8, 4) is 11.3 Å². The van der Waals surface area contributed by atoms with E-state index in [0.29, 0.717) is 32.7 Å². The van der Waals surface area contributed by atoms with Gasteiger partial charge in [-0.3, -0.25) is 9.59 Å². The molecule has 0 atom stereocenters. The Morgan fingerprint density at radius 2 is 1.58 bits per heavy atom. The Balaban J connectivity index is 1.32. The summed E-state index contributed by atoms with van der Waals surface area (Å²) in [5, 5.41) is 8.85. The zero-order valence-electron chi connectivity index (χ0n) is 21.4. The highest BCUT2D eigenvalue weighted by Gasteiger charge is 2.26. The maximum Gasteiger partial charge on any atom is 0.242 e. The molecule has 2 heterocycles. The average molecular weight is 486 g/mol. The minimum Gasteiger partial charge on any atom is -0.352 e. The summed E-state index contributed by atoms with van der Waals surface area (Å²) in [5.74, 6) is 0.684. The van der Waals surface area contributed by atoms with Crippen LogP contribution in [0.2, 0.25) is 0 Å². The lowest BCUT2D eigenvalue weighted by atomic mass is 10.1. The van der Waals surface area contributed by atoms with Gasteiger partial charge in [-0.25, -0.2) is 0 Å². The number of amides is 2. The smallest absolute Gasteiger partial charge is 0.242 e. The molecule has 7 heteroatoms. The van der Waals surface area contributed by atoms with Gasteiger partial charge in [0.1, 0.15) is 0 Å². The second kappa shape index (κ2) is 11.8. The molecule has 7 nitrogen and oxygen atoms in total. The van der Waals surface area contributed by atoms with Crippen molar-refractivity contribution >= 4 is 17.6 Å². The van der Waals surface area contributed by atoms with E-state index in [-0.39, 0.29) is 24.3 Å². The first kappa shape index (κ1) is 25.4. The maximum absolute atomic E-state index is 13.1. The normalized spacial score (nSPS) is 13.7. The van der Waals surface area contributed by atoms with Crippen molar-refractivity contribution in [1.29, 1.82) is 0 Å². The number of nitrogens with zero attached hydrogens (tertiary/aromatic N) is 5. The second-order valence-corrected chi connectivity index (χ2v) is 9.66. The number of aromatic nitrogens is 2. The molecule has 1 saturated heterocycles. The lowest BCUT2D eigenvalue weighted by molar-refractivity contribution is -0.142. The number of rotatable bonds is 8. The van der Waals surface area contributed by atoms with E-state index in [4.69, 9.17) is 0 Å². The van der Waals surface area contributed by atoms with Crippen molar-refractivity contribution in [2.75, 3.05) is 44.2 Å². The Labute approximate surface area is 213 Å². The van der Waals surface area contributed by atoms with Crippen LogP contribution in [0.3, 0.4) is 0 Å². The molecule has 0 unspecified atom stereocenters. The van der Waals surface area contributed by atoms with Crippen LogP contribution < -0.4 is 4.90 Å². The molecule has 2 aromatic carbocycles. The first-order valence-corrected chi connectivity index (χ1v) is 12.7. The van der Waals surface area contributed by atoms with Gasteiger partial charge in [-0.2, -0.15) is 0 Å². The van der Waals surface area contributed by atoms with Gasteiger partial charge in [-0.1, -0.05) is 74.0 Å². The largest absolute Gasteiger partial charge is 0.352 e. The monoisotopic (exact) mass is 485 g/mol. The average Bonchev–Trinajstić information content (AvgIpc) is 2.91. The van der Waals surface area contributed by atoms with Gasteiger partial charge in [0.2, 0.25) is 11.8 Å². The molecule has 2 amide bonds. The van der Waals surface area contributed by atoms with E-state index in [1.165, 1.54) is 5.56 Å². The summed E-state index contributed by atoms with van der Waals surface area (Å²) in [7, 11) is 0. The molecule has 0 aliphatic carbocycles. The van der Waals surface area contributed by atoms with Gasteiger partial charge in [-0.15, -0.1) is 10.2 Å². The highest BCUT2D eigenvalue weighted by Crippen LogP contribution is 2.20. The number of aryl methyl sites for hydroxylation is 1. The molecule has 3 aromatic rings. The molecule has 0 N–H and O–H groups in total. The number of anilines is 1. The van der Waals surface area contributed by atoms with E-state index in [9.17, 15) is 9.59 Å². The van der Waals surface area contributed by atoms with Crippen molar-refractivity contribution < 1.29 is 9.59 Å². The first-order chi connectivity index (χ1) is 17.4. The Hall–Kier alpha value is -3.74. The van der Waals surface area contributed by atoms with Crippen molar-refractivity contribution in [2.24, 2.45) is 5.92 Å². The van der Waals surface area contributed by atoms with Gasteiger partial charge in [0.05, 0.1) is 12.2 Å². The number of carbonyl (C=O) groups excluding carboxylic acids is 2. The highest BCUT2D eigenvalue weighted by atomic mass is 16.2. The zero-order chi connectivity index (χ0) is 25.5. The fraction of sp³-hybridized carbons (Fsp3) is 0.379. The molecule has 4 rings (SSSR count). The molecule has 1 fully saturated rings. The quantitative estimate of drug-likeness (QED) is 0.485. The third kappa shape index (κ3) is 6.47. The van der Waals surface area contributed by atoms with Crippen LogP contribution in [-0.2, 0) is 16.0 Å². The van der Waals surface area contributed by atoms with Gasteiger partial charge in [0.15, 0.2) is 5.82 Å². The SMILES string of the molecule is Cc1ccc(-c2ccc(N3CCN(C(=O)CN(CCc4ccccc4)C(=O)C(C)C)CC3)nn2)cc1. The number of carbonyl (C=O) groups is 2. The van der Waals surface area contributed by atoms with Crippen LogP contribution in [0, 0.1) is 12.8 Å². The molecule has 1 aliphatic rings. The van der Waals surface area contributed by atoms with Gasteiger partial charge in [0, 0.05) is 44.2 Å². The van der Waals surface area contributed by atoms with Gasteiger partial charge >= 0.3 is 0 Å². The standard InChI is InChI=1S/C29H35N5O2/c1-22(2)29(36)34(16-15-24-7-5-4-6-8-24)21-28(35)33-19-17-32(18-20-33)27-14-13-26(30-31-27)25-11-9-23(3)10-12-25/h4-14,22H,15-21H2,1-3H3. The van der Waals surface area contributed by atoms with Crippen LogP contribution >= 0.6 is 0 Å². The van der Waals surface area contributed by atoms with E-state index < -0.39 is 0 Å². The van der Waals surface area contributed by atoms with Crippen LogP contribution in [0.5, 0.6) is 0 Å². The molecule has 0 spiro atoms. The lowest BCUT2D eigenvalue weighted by Gasteiger charge is -2.36. The Kier molecular flexibility index (Phi) is 8.31. The van der Waals surface area contributed by atoms with E-state index >= 15 is 0 Å². The molecule has 1 aromatic heterocycles. The third-order valence-electron chi connectivity index (χ3n) is 6.60. The summed E-state index contributed by atoms with van der Waals surface area (Å²) in [4.78, 5) is 31.6. The van der Waals surface area contributed by atoms with E-state index in [0.717, 1.165) is 29.1 Å². The van der Waals surface area contributed by atoms with E-state index in [1.54, 1.807) is 4.90 Å². The van der Waals surface area contributed by atoms with Crippen LogP contribution in [-0.4, -0.2) is 71.1 Å². The molecular weight excluding hydrogens is 450 g/mol. The summed E-state index contributed by atoms with van der Waals surface area (Å²) in [6.45, 7) is 9.06. The highest BCUT2D eigenvalue weighted by molar-refractivity contribution is 5.85. The number of hydrogen-bond donors (Lipinski definition) is 0. The zero-order valence-corrected chi connectivity index (χ0v) is 21.4. The summed E-state index contributed by atoms with van der Waals surface area (Å²) in [6, 6.07) is 22.3. The third-order valence-corrected chi connectivity index (χ3v) is 6.60. The van der Waals surface area contributed by atoms with Crippen molar-refractivity contribution in [3.05, 3.63) is 77.9 Å². The minimum absolute atomic E-state index is 0.00230. The molecular formula is C29H35N5O2. The summed E-state index contributed by atoms with van der Waals surface area (Å²) < 4.78 is 0. The van der Waals surface area contributed by atoms with E-state index in [1.807, 2.05) is 49.1 Å². The first-order valence-electron chi connectivity index (χ1n) is 12.7. The van der Waals surface area contributed by atoms with Gasteiger partial charge < -0.3 is 14.7 Å². The van der Waals surface area contributed by atoms with Gasteiger partial charge in [-0.05, 0) is 31.0 Å². The van der Waals surface area contributed by atoms with Crippen LogP contribution in [0.15, 0.2) is 66.7 Å². The predicted octanol–water partition coefficient (Wildman–Crippen LogP) is 3.83. The van der Waals surface area contributed by atoms with Crippen LogP contribution in [0.25, 0.3) is 11.3 Å². The molecule has 188 valence electrons. The Bertz CT molecular complexity index is 1140. The number of piperazine rings is 1. The lowest BCUT2D eigenvalue weighted by Crippen LogP contribution is -2.52. The molecule has 0 radical (unpaired) electrons. The number of benzene rings is 2. The van der Waals surface area contributed by atoms with Gasteiger partial charge in [0.25, 0.3) is 0 Å². The van der Waals surface area contributed by atoms with Crippen molar-refractivity contribution in [2.45, 2.75) is 27.2 Å². The van der Waals surface area contributed by atoms with Crippen LogP contribution in [0.1, 0.15) is 25.0 Å². The summed E-state index contributed by atoms with van der Waals surface area (Å²) >= 11 is 0. The number of hydrogen-bond acceptors (Lipinski definition) is 5. The van der Waals surface area contributed by atoms with Crippen LogP contribution in [0.4, 0.5) is 5.82 Å². The Morgan fingerprint density at radius 1 is 0.889 bits per heavy atom. The molecule has 0 bridgehead atoms. The molecule has 0 saturated carbocycles. The molecule has 1 aliphatic heterocycles. The summed E-state index contributed by atoms with van der Waals surface area (Å²) in [5.41, 5.74) is 4.26. The predicted molar refractivity (Wildman–Crippen MR) is 143 cm³/mol. The topological polar surface area (TPSA) is 69.6 Å². The fourth-order valence-electron chi connectivity index (χ4n) is 4.36. The molecule has 36 heavy (non-hydrogen) atoms. The minimum atomic E-state index is -0.146. The Morgan fingerprint density at radius 3 is 2.19 bits per heavy atom. The van der Waals surface area contributed by atoms with Crippen molar-refractivity contribution in [3.63, 3.8) is 0 Å². The second-order valence-electron chi connectivity index (χ2n) is 9.66. The summed E-state index contributed by atoms with van der Waals surface area (Å²) in [6.07, 6.45) is 0.734. The van der Waals surface area contributed by atoms with Crippen molar-refractivity contribution in [1.82, 2.24) is 20.0 Å². The maximum atomic E-state index is 13.1. The fourth-order valence-corrected chi connectivity index (χ4v) is 4.36.